The zero-order chi connectivity index (χ0) is 16.9. The Morgan fingerprint density at radius 1 is 1.00 bits per heavy atom. The van der Waals surface area contributed by atoms with E-state index in [1.54, 1.807) is 42.8 Å². The fraction of sp³-hybridized carbons (Fsp3) is 0.118. The zero-order valence-electron chi connectivity index (χ0n) is 12.3. The van der Waals surface area contributed by atoms with Crippen LogP contribution in [0, 0.1) is 6.92 Å². The highest BCUT2D eigenvalue weighted by atomic mass is 79.9. The molecule has 0 bridgehead atoms. The normalized spacial score (nSPS) is 14.3. The fourth-order valence-electron chi connectivity index (χ4n) is 2.71. The maximum atomic E-state index is 12.9. The summed E-state index contributed by atoms with van der Waals surface area (Å²) in [5, 5.41) is 0. The number of rotatable bonds is 2. The molecule has 0 saturated carbocycles. The standard InChI is InChI=1S/C17H11Br2NO3/c1-8-10(15(21)9-6-4-3-5-7-9)11-14(20(8)2)17(23)13(19)12(18)16(11)22/h3-7H,1-2H3. The Kier molecular flexibility index (Phi) is 3.98. The second kappa shape index (κ2) is 5.69. The summed E-state index contributed by atoms with van der Waals surface area (Å²) >= 11 is 6.29. The topological polar surface area (TPSA) is 56.1 Å². The minimum atomic E-state index is -0.366. The minimum Gasteiger partial charge on any atom is -0.344 e. The van der Waals surface area contributed by atoms with E-state index in [-0.39, 0.29) is 43.1 Å². The number of carbonyl (C=O) groups is 3. The van der Waals surface area contributed by atoms with Gasteiger partial charge in [0.15, 0.2) is 5.78 Å². The number of halogens is 2. The van der Waals surface area contributed by atoms with Crippen molar-refractivity contribution in [1.29, 1.82) is 0 Å². The molecule has 0 amide bonds. The number of aromatic nitrogens is 1. The predicted molar refractivity (Wildman–Crippen MR) is 93.6 cm³/mol. The predicted octanol–water partition coefficient (Wildman–Crippen LogP) is 3.94. The van der Waals surface area contributed by atoms with Gasteiger partial charge in [-0.1, -0.05) is 30.3 Å². The molecule has 6 heteroatoms. The number of allylic oxidation sites excluding steroid dienone is 2. The van der Waals surface area contributed by atoms with Crippen molar-refractivity contribution in [1.82, 2.24) is 4.57 Å². The van der Waals surface area contributed by atoms with Crippen molar-refractivity contribution in [2.75, 3.05) is 0 Å². The molecule has 0 unspecified atom stereocenters. The number of carbonyl (C=O) groups excluding carboxylic acids is 3. The van der Waals surface area contributed by atoms with E-state index in [2.05, 4.69) is 31.9 Å². The van der Waals surface area contributed by atoms with E-state index in [4.69, 9.17) is 0 Å². The van der Waals surface area contributed by atoms with Crippen molar-refractivity contribution < 1.29 is 14.4 Å². The van der Waals surface area contributed by atoms with Crippen molar-refractivity contribution in [2.24, 2.45) is 7.05 Å². The Hall–Kier alpha value is -1.79. The molecule has 1 heterocycles. The fourth-order valence-corrected chi connectivity index (χ4v) is 3.46. The highest BCUT2D eigenvalue weighted by Crippen LogP contribution is 2.37. The molecule has 0 radical (unpaired) electrons. The number of hydrogen-bond acceptors (Lipinski definition) is 3. The van der Waals surface area contributed by atoms with Gasteiger partial charge in [0.2, 0.25) is 11.6 Å². The molecule has 1 aliphatic rings. The van der Waals surface area contributed by atoms with Gasteiger partial charge in [-0.2, -0.15) is 0 Å². The van der Waals surface area contributed by atoms with Crippen LogP contribution in [-0.2, 0) is 7.05 Å². The highest BCUT2D eigenvalue weighted by molar-refractivity contribution is 9.14. The molecule has 1 aromatic heterocycles. The van der Waals surface area contributed by atoms with E-state index >= 15 is 0 Å². The quantitative estimate of drug-likeness (QED) is 0.670. The first-order chi connectivity index (χ1) is 10.9. The maximum absolute atomic E-state index is 12.9. The summed E-state index contributed by atoms with van der Waals surface area (Å²) < 4.78 is 1.92. The summed E-state index contributed by atoms with van der Waals surface area (Å²) in [6.07, 6.45) is 0. The molecule has 0 saturated heterocycles. The number of nitrogens with zero attached hydrogens (tertiary/aromatic N) is 1. The van der Waals surface area contributed by atoms with Gasteiger partial charge in [0.1, 0.15) is 5.69 Å². The van der Waals surface area contributed by atoms with E-state index in [1.165, 1.54) is 0 Å². The van der Waals surface area contributed by atoms with Crippen LogP contribution in [-0.4, -0.2) is 21.9 Å². The molecule has 3 rings (SSSR count). The minimum absolute atomic E-state index is 0.141. The van der Waals surface area contributed by atoms with E-state index < -0.39 is 0 Å². The molecule has 4 nitrogen and oxygen atoms in total. The first kappa shape index (κ1) is 16.1. The second-order valence-electron chi connectivity index (χ2n) is 5.22. The van der Waals surface area contributed by atoms with Gasteiger partial charge in [0.25, 0.3) is 0 Å². The monoisotopic (exact) mass is 435 g/mol. The van der Waals surface area contributed by atoms with Crippen molar-refractivity contribution >= 4 is 49.2 Å². The molecular formula is C17H11Br2NO3. The van der Waals surface area contributed by atoms with Crippen LogP contribution in [0.1, 0.15) is 42.5 Å². The van der Waals surface area contributed by atoms with Crippen molar-refractivity contribution in [2.45, 2.75) is 6.92 Å². The summed E-state index contributed by atoms with van der Waals surface area (Å²) in [5.41, 5.74) is 1.76. The van der Waals surface area contributed by atoms with E-state index in [1.807, 2.05) is 6.07 Å². The lowest BCUT2D eigenvalue weighted by atomic mass is 9.93. The van der Waals surface area contributed by atoms with Crippen LogP contribution in [0.5, 0.6) is 0 Å². The van der Waals surface area contributed by atoms with Gasteiger partial charge in [-0.25, -0.2) is 0 Å². The first-order valence-electron chi connectivity index (χ1n) is 6.80. The average Bonchev–Trinajstić information content (AvgIpc) is 2.83. The van der Waals surface area contributed by atoms with Gasteiger partial charge in [-0.15, -0.1) is 0 Å². The van der Waals surface area contributed by atoms with Crippen LogP contribution >= 0.6 is 31.9 Å². The van der Waals surface area contributed by atoms with Gasteiger partial charge in [-0.3, -0.25) is 14.4 Å². The summed E-state index contributed by atoms with van der Waals surface area (Å²) in [6, 6.07) is 8.72. The second-order valence-corrected chi connectivity index (χ2v) is 6.81. The lowest BCUT2D eigenvalue weighted by Gasteiger charge is -2.13. The van der Waals surface area contributed by atoms with Crippen LogP contribution in [0.25, 0.3) is 0 Å². The molecule has 0 fully saturated rings. The molecular weight excluding hydrogens is 426 g/mol. The zero-order valence-corrected chi connectivity index (χ0v) is 15.5. The number of Topliss-reactive ketones (excluding diaryl/α,β-unsaturated/α-hetero) is 2. The van der Waals surface area contributed by atoms with Crippen molar-refractivity contribution in [3.8, 4) is 0 Å². The first-order valence-corrected chi connectivity index (χ1v) is 8.38. The third kappa shape index (κ3) is 2.28. The van der Waals surface area contributed by atoms with Crippen LogP contribution in [0.3, 0.4) is 0 Å². The molecule has 0 N–H and O–H groups in total. The number of hydrogen-bond donors (Lipinski definition) is 0. The number of benzene rings is 1. The maximum Gasteiger partial charge on any atom is 0.218 e. The highest BCUT2D eigenvalue weighted by Gasteiger charge is 2.38. The van der Waals surface area contributed by atoms with Gasteiger partial charge < -0.3 is 4.57 Å². The molecule has 116 valence electrons. The molecule has 23 heavy (non-hydrogen) atoms. The lowest BCUT2D eigenvalue weighted by molar-refractivity contribution is 0.0978. The van der Waals surface area contributed by atoms with Crippen molar-refractivity contribution in [3.63, 3.8) is 0 Å². The third-order valence-corrected chi connectivity index (χ3v) is 6.03. The summed E-state index contributed by atoms with van der Waals surface area (Å²) in [6.45, 7) is 1.73. The molecule has 1 aliphatic carbocycles. The summed E-state index contributed by atoms with van der Waals surface area (Å²) in [5.74, 6) is -0.946. The van der Waals surface area contributed by atoms with Gasteiger partial charge >= 0.3 is 0 Å². The molecule has 0 spiro atoms. The third-order valence-electron chi connectivity index (χ3n) is 3.98. The van der Waals surface area contributed by atoms with Gasteiger partial charge in [0, 0.05) is 18.3 Å². The molecule has 0 aliphatic heterocycles. The van der Waals surface area contributed by atoms with E-state index in [0.29, 0.717) is 11.3 Å². The lowest BCUT2D eigenvalue weighted by Crippen LogP contribution is -2.20. The molecule has 2 aromatic rings. The van der Waals surface area contributed by atoms with Gasteiger partial charge in [-0.05, 0) is 38.8 Å². The van der Waals surface area contributed by atoms with E-state index in [9.17, 15) is 14.4 Å². The number of ketones is 3. The summed E-state index contributed by atoms with van der Waals surface area (Å²) in [4.78, 5) is 38.0. The average molecular weight is 437 g/mol. The largest absolute Gasteiger partial charge is 0.344 e. The molecule has 1 aromatic carbocycles. The number of fused-ring (bicyclic) bond motifs is 1. The van der Waals surface area contributed by atoms with Crippen LogP contribution < -0.4 is 0 Å². The van der Waals surface area contributed by atoms with E-state index in [0.717, 1.165) is 0 Å². The van der Waals surface area contributed by atoms with Crippen LogP contribution in [0.4, 0.5) is 0 Å². The smallest absolute Gasteiger partial charge is 0.218 e. The summed E-state index contributed by atoms with van der Waals surface area (Å²) in [7, 11) is 1.68. The Labute approximate surface area is 149 Å². The molecule has 0 atom stereocenters. The Bertz CT molecular complexity index is 908. The Morgan fingerprint density at radius 3 is 2.17 bits per heavy atom. The van der Waals surface area contributed by atoms with Crippen molar-refractivity contribution in [3.05, 3.63) is 67.4 Å². The Morgan fingerprint density at radius 2 is 1.57 bits per heavy atom. The van der Waals surface area contributed by atoms with Gasteiger partial charge in [0.05, 0.1) is 20.1 Å². The van der Waals surface area contributed by atoms with Crippen LogP contribution in [0.15, 0.2) is 39.3 Å². The Balaban J connectivity index is 2.30. The van der Waals surface area contributed by atoms with Crippen LogP contribution in [0.2, 0.25) is 0 Å². The SMILES string of the molecule is Cc1c(C(=O)c2ccccc2)c2c(n1C)C(=O)C(Br)=C(Br)C2=O.